The monoisotopic (exact) mass is 435 g/mol. The van der Waals surface area contributed by atoms with Gasteiger partial charge in [0, 0.05) is 5.69 Å². The number of aliphatic hydroxyl groups is 1. The number of anilines is 1. The smallest absolute Gasteiger partial charge is 0.336 e. The zero-order valence-electron chi connectivity index (χ0n) is 15.1. The molecule has 1 aromatic rings. The van der Waals surface area contributed by atoms with E-state index in [1.54, 1.807) is 6.92 Å². The van der Waals surface area contributed by atoms with Gasteiger partial charge in [-0.3, -0.25) is 14.4 Å². The van der Waals surface area contributed by atoms with Crippen molar-refractivity contribution in [2.24, 2.45) is 10.9 Å². The Hall–Kier alpha value is -3.07. The number of nitrogens with two attached hydrogens (primary N) is 2. The maximum atomic E-state index is 11.2. The highest BCUT2D eigenvalue weighted by Crippen LogP contribution is 2.15. The van der Waals surface area contributed by atoms with Crippen LogP contribution in [-0.2, 0) is 29.2 Å². The second-order valence-electron chi connectivity index (χ2n) is 5.83. The maximum Gasteiger partial charge on any atom is 0.336 e. The third-order valence-corrected chi connectivity index (χ3v) is 4.08. The van der Waals surface area contributed by atoms with Crippen molar-refractivity contribution < 1.29 is 48.0 Å². The van der Waals surface area contributed by atoms with E-state index in [1.165, 1.54) is 24.3 Å². The molecule has 9 N–H and O–H groups in total. The average molecular weight is 435 g/mol. The number of carboxylic acid groups (broad SMARTS) is 3. The normalized spacial score (nSPS) is 12.1. The number of sulfonamides is 1. The summed E-state index contributed by atoms with van der Waals surface area (Å²) in [7, 11) is -3.70. The van der Waals surface area contributed by atoms with Crippen molar-refractivity contribution in [3.63, 3.8) is 0 Å². The second kappa shape index (κ2) is 10.5. The summed E-state index contributed by atoms with van der Waals surface area (Å²) >= 11 is 0. The van der Waals surface area contributed by atoms with Gasteiger partial charge in [0.25, 0.3) is 0 Å². The molecule has 0 unspecified atom stereocenters. The number of aliphatic carboxylic acids is 3. The summed E-state index contributed by atoms with van der Waals surface area (Å²) in [4.78, 5) is 41.7. The van der Waals surface area contributed by atoms with Crippen LogP contribution >= 0.6 is 0 Å². The Balaban J connectivity index is 0.000000555. The standard InChI is InChI=1S/C9H13N3O3S.C6H8O7/c1-6(10)9(13)12-7-2-4-8(5-3-7)16(11,14)15;7-3(8)1-6(13,5(11)12)2-4(9)10/h2-6H,10H2,1H3,(H,12,13)(H2,11,14,15);13H,1-2H2,(H,7,8)(H,9,10)(H,11,12)/t6-;/m0./s1. The van der Waals surface area contributed by atoms with Crippen LogP contribution in [0.5, 0.6) is 0 Å². The molecule has 0 fully saturated rings. The molecule has 0 aliphatic heterocycles. The summed E-state index contributed by atoms with van der Waals surface area (Å²) in [5.74, 6) is -5.36. The summed E-state index contributed by atoms with van der Waals surface area (Å²) in [5, 5.41) is 41.3. The number of hydrogen-bond acceptors (Lipinski definition) is 8. The highest BCUT2D eigenvalue weighted by Gasteiger charge is 2.40. The molecule has 1 rings (SSSR count). The Morgan fingerprint density at radius 1 is 1.03 bits per heavy atom. The lowest BCUT2D eigenvalue weighted by molar-refractivity contribution is -0.170. The van der Waals surface area contributed by atoms with E-state index < -0.39 is 52.4 Å². The van der Waals surface area contributed by atoms with Gasteiger partial charge in [-0.15, -0.1) is 0 Å². The first-order valence-electron chi connectivity index (χ1n) is 7.67. The van der Waals surface area contributed by atoms with Gasteiger partial charge in [-0.2, -0.15) is 0 Å². The molecule has 0 aliphatic rings. The molecule has 1 amide bonds. The quantitative estimate of drug-likeness (QED) is 0.244. The molecule has 0 saturated carbocycles. The van der Waals surface area contributed by atoms with Crippen molar-refractivity contribution in [1.82, 2.24) is 0 Å². The summed E-state index contributed by atoms with van der Waals surface area (Å²) in [6.45, 7) is 1.55. The van der Waals surface area contributed by atoms with E-state index in [2.05, 4.69) is 5.32 Å². The van der Waals surface area contributed by atoms with Gasteiger partial charge in [-0.05, 0) is 31.2 Å². The van der Waals surface area contributed by atoms with Crippen LogP contribution in [-0.4, -0.2) is 64.3 Å². The zero-order chi connectivity index (χ0) is 23.0. The minimum absolute atomic E-state index is 0.00806. The van der Waals surface area contributed by atoms with Gasteiger partial charge in [-0.25, -0.2) is 18.4 Å². The van der Waals surface area contributed by atoms with E-state index in [1.807, 2.05) is 0 Å². The molecule has 13 nitrogen and oxygen atoms in total. The number of carboxylic acids is 3. The van der Waals surface area contributed by atoms with Crippen LogP contribution < -0.4 is 16.2 Å². The molecule has 1 aromatic carbocycles. The number of hydrogen-bond donors (Lipinski definition) is 7. The van der Waals surface area contributed by atoms with Crippen molar-refractivity contribution >= 4 is 39.5 Å². The first-order valence-corrected chi connectivity index (χ1v) is 9.22. The molecule has 0 heterocycles. The van der Waals surface area contributed by atoms with E-state index >= 15 is 0 Å². The molecule has 0 saturated heterocycles. The lowest BCUT2D eigenvalue weighted by atomic mass is 9.96. The Kier molecular flexibility index (Phi) is 9.36. The number of nitrogens with one attached hydrogen (secondary N) is 1. The van der Waals surface area contributed by atoms with Gasteiger partial charge in [0.1, 0.15) is 0 Å². The van der Waals surface area contributed by atoms with E-state index in [0.717, 1.165) is 0 Å². The van der Waals surface area contributed by atoms with E-state index in [0.29, 0.717) is 5.69 Å². The van der Waals surface area contributed by atoms with Crippen molar-refractivity contribution in [3.05, 3.63) is 24.3 Å². The Morgan fingerprint density at radius 2 is 1.45 bits per heavy atom. The van der Waals surface area contributed by atoms with Crippen LogP contribution in [0.1, 0.15) is 19.8 Å². The fourth-order valence-corrected chi connectivity index (χ4v) is 2.21. The highest BCUT2D eigenvalue weighted by molar-refractivity contribution is 7.89. The van der Waals surface area contributed by atoms with Crippen molar-refractivity contribution in [3.8, 4) is 0 Å². The van der Waals surface area contributed by atoms with E-state index in [-0.39, 0.29) is 10.8 Å². The molecule has 0 spiro atoms. The molecule has 29 heavy (non-hydrogen) atoms. The second-order valence-corrected chi connectivity index (χ2v) is 7.39. The fraction of sp³-hybridized carbons (Fsp3) is 0.333. The predicted molar refractivity (Wildman–Crippen MR) is 97.2 cm³/mol. The van der Waals surface area contributed by atoms with E-state index in [4.69, 9.17) is 31.3 Å². The van der Waals surface area contributed by atoms with Crippen LogP contribution in [0, 0.1) is 0 Å². The Morgan fingerprint density at radius 3 is 1.72 bits per heavy atom. The summed E-state index contributed by atoms with van der Waals surface area (Å²) < 4.78 is 21.9. The molecular weight excluding hydrogens is 414 g/mol. The first kappa shape index (κ1) is 25.9. The van der Waals surface area contributed by atoms with Crippen molar-refractivity contribution in [2.75, 3.05) is 5.32 Å². The molecule has 0 aliphatic carbocycles. The molecule has 0 radical (unpaired) electrons. The number of primary sulfonamides is 1. The largest absolute Gasteiger partial charge is 0.481 e. The van der Waals surface area contributed by atoms with Gasteiger partial charge in [0.05, 0.1) is 23.8 Å². The number of benzene rings is 1. The van der Waals surface area contributed by atoms with Gasteiger partial charge in [0.2, 0.25) is 15.9 Å². The minimum Gasteiger partial charge on any atom is -0.481 e. The fourth-order valence-electron chi connectivity index (χ4n) is 1.70. The topological polar surface area (TPSA) is 247 Å². The molecule has 0 bridgehead atoms. The van der Waals surface area contributed by atoms with Crippen LogP contribution in [0.15, 0.2) is 29.2 Å². The predicted octanol–water partition coefficient (Wildman–Crippen LogP) is -1.63. The number of amides is 1. The van der Waals surface area contributed by atoms with Crippen LogP contribution in [0.3, 0.4) is 0 Å². The van der Waals surface area contributed by atoms with Crippen LogP contribution in [0.25, 0.3) is 0 Å². The van der Waals surface area contributed by atoms with Gasteiger partial charge >= 0.3 is 17.9 Å². The van der Waals surface area contributed by atoms with Crippen molar-refractivity contribution in [1.29, 1.82) is 0 Å². The Bertz CT molecular complexity index is 849. The van der Waals surface area contributed by atoms with Gasteiger partial charge < -0.3 is 31.5 Å². The van der Waals surface area contributed by atoms with Crippen LogP contribution in [0.4, 0.5) is 5.69 Å². The molecule has 162 valence electrons. The van der Waals surface area contributed by atoms with Gasteiger partial charge in [-0.1, -0.05) is 0 Å². The average Bonchev–Trinajstić information content (AvgIpc) is 2.53. The summed E-state index contributed by atoms with van der Waals surface area (Å²) in [5.41, 5.74) is 3.08. The summed E-state index contributed by atoms with van der Waals surface area (Å²) in [6, 6.07) is 4.89. The minimum atomic E-state index is -3.70. The lowest BCUT2D eigenvalue weighted by Crippen LogP contribution is -2.42. The molecule has 0 aromatic heterocycles. The molecule has 1 atom stereocenters. The summed E-state index contributed by atoms with van der Waals surface area (Å²) in [6.07, 6.45) is -2.29. The van der Waals surface area contributed by atoms with Gasteiger partial charge in [0.15, 0.2) is 5.60 Å². The number of rotatable bonds is 8. The first-order chi connectivity index (χ1) is 13.1. The lowest BCUT2D eigenvalue weighted by Gasteiger charge is -2.18. The number of carbonyl (C=O) groups excluding carboxylic acids is 1. The van der Waals surface area contributed by atoms with Crippen molar-refractivity contribution in [2.45, 2.75) is 36.3 Å². The molecular formula is C15H21N3O10S. The highest BCUT2D eigenvalue weighted by atomic mass is 32.2. The molecule has 14 heteroatoms. The SMILES string of the molecule is C[C@H](N)C(=O)Nc1ccc(S(N)(=O)=O)cc1.O=C(O)CC(O)(CC(=O)O)C(=O)O. The maximum absolute atomic E-state index is 11.2. The Labute approximate surface area is 165 Å². The zero-order valence-corrected chi connectivity index (χ0v) is 15.9. The third-order valence-electron chi connectivity index (χ3n) is 3.15. The van der Waals surface area contributed by atoms with E-state index in [9.17, 15) is 27.6 Å². The number of carbonyl (C=O) groups is 4. The third kappa shape index (κ3) is 9.61. The van der Waals surface area contributed by atoms with Crippen LogP contribution in [0.2, 0.25) is 0 Å².